The molecule has 0 radical (unpaired) electrons. The number of hydrogen-bond acceptors (Lipinski definition) is 4. The summed E-state index contributed by atoms with van der Waals surface area (Å²) in [4.78, 5) is 24.5. The first kappa shape index (κ1) is 15.9. The van der Waals surface area contributed by atoms with E-state index in [4.69, 9.17) is 4.74 Å². The number of benzene rings is 1. The van der Waals surface area contributed by atoms with Gasteiger partial charge in [0, 0.05) is 28.3 Å². The Morgan fingerprint density at radius 1 is 1.38 bits per heavy atom. The van der Waals surface area contributed by atoms with Crippen LogP contribution < -0.4 is 5.32 Å². The van der Waals surface area contributed by atoms with E-state index in [-0.39, 0.29) is 5.78 Å². The van der Waals surface area contributed by atoms with Crippen LogP contribution >= 0.6 is 0 Å². The third kappa shape index (κ3) is 4.01. The van der Waals surface area contributed by atoms with E-state index in [9.17, 15) is 13.8 Å². The third-order valence-electron chi connectivity index (χ3n) is 2.77. The zero-order valence-electron chi connectivity index (χ0n) is 12.1. The maximum absolute atomic E-state index is 12.0. The predicted octanol–water partition coefficient (Wildman–Crippen LogP) is 2.73. The summed E-state index contributed by atoms with van der Waals surface area (Å²) in [6, 6.07) is 5.06. The highest BCUT2D eigenvalue weighted by Crippen LogP contribution is 2.26. The molecule has 7 heteroatoms. The average Bonchev–Trinajstić information content (AvgIpc) is 2.37. The summed E-state index contributed by atoms with van der Waals surface area (Å²) in [5.74, 6) is 0.606. The van der Waals surface area contributed by atoms with Crippen molar-refractivity contribution >= 4 is 37.2 Å². The zero-order chi connectivity index (χ0) is 15.6. The SMILES string of the molecule is CC(C)(C)OC(=O)Nc1ccc2c(c1)C(=O)CCS2=S=O. The molecule has 1 atom stereocenters. The Morgan fingerprint density at radius 2 is 2.10 bits per heavy atom. The van der Waals surface area contributed by atoms with Gasteiger partial charge in [-0.1, -0.05) is 9.45 Å². The summed E-state index contributed by atoms with van der Waals surface area (Å²) in [7, 11) is 0.0439. The number of carbonyl (C=O) groups is 2. The second-order valence-electron chi connectivity index (χ2n) is 5.63. The van der Waals surface area contributed by atoms with E-state index in [1.165, 1.54) is 0 Å². The Hall–Kier alpha value is -1.47. The lowest BCUT2D eigenvalue weighted by Gasteiger charge is -2.21. The number of ketones is 1. The summed E-state index contributed by atoms with van der Waals surface area (Å²) >= 11 is 0. The molecule has 0 spiro atoms. The molecule has 0 fully saturated rings. The summed E-state index contributed by atoms with van der Waals surface area (Å²) < 4.78 is 16.3. The van der Waals surface area contributed by atoms with Crippen LogP contribution in [0.3, 0.4) is 0 Å². The Balaban J connectivity index is 2.25. The molecule has 2 rings (SSSR count). The topological polar surface area (TPSA) is 72.5 Å². The van der Waals surface area contributed by atoms with E-state index in [2.05, 4.69) is 5.32 Å². The van der Waals surface area contributed by atoms with Crippen LogP contribution in [0.15, 0.2) is 23.1 Å². The van der Waals surface area contributed by atoms with Crippen molar-refractivity contribution in [3.05, 3.63) is 23.8 Å². The lowest BCUT2D eigenvalue weighted by atomic mass is 10.1. The van der Waals surface area contributed by atoms with Gasteiger partial charge in [-0.2, -0.15) is 0 Å². The number of carbonyl (C=O) groups excluding carboxylic acids is 2. The highest BCUT2D eigenvalue weighted by atomic mass is 32.8. The van der Waals surface area contributed by atoms with Gasteiger partial charge in [-0.3, -0.25) is 10.1 Å². The molecule has 1 aromatic carbocycles. The van der Waals surface area contributed by atoms with Crippen molar-refractivity contribution in [3.8, 4) is 0 Å². The van der Waals surface area contributed by atoms with Crippen molar-refractivity contribution in [1.29, 1.82) is 0 Å². The molecule has 0 aliphatic carbocycles. The van der Waals surface area contributed by atoms with Gasteiger partial charge in [-0.15, -0.1) is 0 Å². The van der Waals surface area contributed by atoms with Gasteiger partial charge in [-0.05, 0) is 39.0 Å². The minimum atomic E-state index is -0.584. The van der Waals surface area contributed by atoms with E-state index in [0.717, 1.165) is 4.90 Å². The molecule has 1 amide bonds. The lowest BCUT2D eigenvalue weighted by molar-refractivity contribution is 0.0635. The molecule has 0 saturated carbocycles. The van der Waals surface area contributed by atoms with Crippen LogP contribution in [0.5, 0.6) is 0 Å². The van der Waals surface area contributed by atoms with Gasteiger partial charge >= 0.3 is 6.09 Å². The van der Waals surface area contributed by atoms with E-state index in [0.29, 0.717) is 33.7 Å². The first-order chi connectivity index (χ1) is 9.80. The van der Waals surface area contributed by atoms with Crippen molar-refractivity contribution in [3.63, 3.8) is 0 Å². The first-order valence-corrected chi connectivity index (χ1v) is 9.14. The number of hydrogen-bond donors (Lipinski definition) is 1. The largest absolute Gasteiger partial charge is 0.444 e. The first-order valence-electron chi connectivity index (χ1n) is 6.48. The van der Waals surface area contributed by atoms with Gasteiger partial charge in [0.1, 0.15) is 15.8 Å². The maximum Gasteiger partial charge on any atom is 0.412 e. The van der Waals surface area contributed by atoms with Crippen LogP contribution in [0.2, 0.25) is 0 Å². The number of ether oxygens (including phenoxy) is 1. The fourth-order valence-electron chi connectivity index (χ4n) is 1.95. The molecule has 0 saturated heterocycles. The monoisotopic (exact) mass is 327 g/mol. The fraction of sp³-hybridized carbons (Fsp3) is 0.429. The number of rotatable bonds is 1. The van der Waals surface area contributed by atoms with Gasteiger partial charge < -0.3 is 4.74 Å². The highest BCUT2D eigenvalue weighted by molar-refractivity contribution is 8.31. The normalized spacial score (nSPS) is 17.9. The molecule has 1 heterocycles. The quantitative estimate of drug-likeness (QED) is 0.861. The Bertz CT molecular complexity index is 657. The molecular weight excluding hydrogens is 310 g/mol. The van der Waals surface area contributed by atoms with Gasteiger partial charge in [0.15, 0.2) is 5.78 Å². The Labute approximate surface area is 128 Å². The van der Waals surface area contributed by atoms with E-state index < -0.39 is 21.1 Å². The standard InChI is InChI=1S/C14H17NO4S2/c1-14(2,3)19-13(17)15-9-4-5-12-10(8-9)11(16)6-7-21(12)20-18/h4-5,8H,6-7H2,1-3H3,(H,15,17). The molecular formula is C14H17NO4S2. The summed E-state index contributed by atoms with van der Waals surface area (Å²) in [6.45, 7) is 5.33. The Morgan fingerprint density at radius 3 is 2.71 bits per heavy atom. The number of anilines is 1. The van der Waals surface area contributed by atoms with Crippen molar-refractivity contribution in [2.75, 3.05) is 11.1 Å². The fourth-order valence-corrected chi connectivity index (χ4v) is 4.43. The average molecular weight is 327 g/mol. The van der Waals surface area contributed by atoms with Crippen molar-refractivity contribution in [2.45, 2.75) is 37.7 Å². The van der Waals surface area contributed by atoms with Crippen LogP contribution in [-0.4, -0.2) is 27.4 Å². The molecule has 0 aromatic heterocycles. The molecule has 0 bridgehead atoms. The van der Waals surface area contributed by atoms with Crippen LogP contribution in [0.25, 0.3) is 0 Å². The predicted molar refractivity (Wildman–Crippen MR) is 83.9 cm³/mol. The second-order valence-corrected chi connectivity index (χ2v) is 8.92. The zero-order valence-corrected chi connectivity index (χ0v) is 13.7. The number of nitrogens with one attached hydrogen (secondary N) is 1. The number of Topliss-reactive ketones (excluding diaryl/α,β-unsaturated/α-hetero) is 1. The summed E-state index contributed by atoms with van der Waals surface area (Å²) in [5, 5.41) is 2.61. The molecule has 114 valence electrons. The molecule has 21 heavy (non-hydrogen) atoms. The second kappa shape index (κ2) is 6.11. The van der Waals surface area contributed by atoms with Crippen molar-refractivity contribution in [2.24, 2.45) is 0 Å². The van der Waals surface area contributed by atoms with Gasteiger partial charge in [0.25, 0.3) is 0 Å². The maximum atomic E-state index is 12.0. The molecule has 5 nitrogen and oxygen atoms in total. The molecule has 1 aromatic rings. The van der Waals surface area contributed by atoms with Gasteiger partial charge in [0.2, 0.25) is 0 Å². The number of fused-ring (bicyclic) bond motifs is 1. The van der Waals surface area contributed by atoms with Gasteiger partial charge in [0.05, 0.1) is 0 Å². The van der Waals surface area contributed by atoms with Crippen LogP contribution in [0.1, 0.15) is 37.6 Å². The lowest BCUT2D eigenvalue weighted by Crippen LogP contribution is -2.27. The smallest absolute Gasteiger partial charge is 0.412 e. The summed E-state index contributed by atoms with van der Waals surface area (Å²) in [5.41, 5.74) is 0.443. The van der Waals surface area contributed by atoms with E-state index >= 15 is 0 Å². The molecule has 1 unspecified atom stereocenters. The summed E-state index contributed by atoms with van der Waals surface area (Å²) in [6.07, 6.45) is -0.191. The molecule has 1 N–H and O–H groups in total. The minimum Gasteiger partial charge on any atom is -0.444 e. The number of amides is 1. The van der Waals surface area contributed by atoms with E-state index in [1.54, 1.807) is 39.0 Å². The van der Waals surface area contributed by atoms with Gasteiger partial charge in [-0.25, -0.2) is 9.00 Å². The molecule has 1 aliphatic heterocycles. The van der Waals surface area contributed by atoms with E-state index in [1.807, 2.05) is 0 Å². The van der Waals surface area contributed by atoms with Crippen LogP contribution in [-0.2, 0) is 24.4 Å². The third-order valence-corrected chi connectivity index (χ3v) is 5.88. The van der Waals surface area contributed by atoms with Crippen LogP contribution in [0.4, 0.5) is 10.5 Å². The minimum absolute atomic E-state index is 0.00985. The van der Waals surface area contributed by atoms with Crippen LogP contribution in [0, 0.1) is 0 Å². The van der Waals surface area contributed by atoms with Crippen molar-refractivity contribution < 1.29 is 18.5 Å². The molecule has 1 aliphatic rings. The highest BCUT2D eigenvalue weighted by Gasteiger charge is 2.22. The Kier molecular flexibility index (Phi) is 4.63. The van der Waals surface area contributed by atoms with Crippen molar-refractivity contribution in [1.82, 2.24) is 0 Å².